The molecule has 0 atom stereocenters. The van der Waals surface area contributed by atoms with Crippen molar-refractivity contribution in [2.24, 2.45) is 0 Å². The zero-order valence-corrected chi connectivity index (χ0v) is 19.0. The molecule has 4 rings (SSSR count). The SMILES string of the molecule is COC(=O)c1cccc(-n2c(C)cc(C=C3C(=O)NC(=O)N(C4CCCCC4)C3=O)c2C)c1. The highest BCUT2D eigenvalue weighted by Crippen LogP contribution is 2.28. The van der Waals surface area contributed by atoms with E-state index in [4.69, 9.17) is 4.74 Å². The summed E-state index contributed by atoms with van der Waals surface area (Å²) in [5.74, 6) is -1.67. The first-order chi connectivity index (χ1) is 15.8. The van der Waals surface area contributed by atoms with Gasteiger partial charge in [0, 0.05) is 23.1 Å². The van der Waals surface area contributed by atoms with Crippen LogP contribution < -0.4 is 5.32 Å². The fourth-order valence-electron chi connectivity index (χ4n) is 4.72. The van der Waals surface area contributed by atoms with Crippen molar-refractivity contribution in [3.05, 3.63) is 58.4 Å². The third-order valence-corrected chi connectivity index (χ3v) is 6.37. The van der Waals surface area contributed by atoms with Gasteiger partial charge < -0.3 is 9.30 Å². The lowest BCUT2D eigenvalue weighted by Gasteiger charge is -2.35. The summed E-state index contributed by atoms with van der Waals surface area (Å²) < 4.78 is 6.75. The van der Waals surface area contributed by atoms with Gasteiger partial charge in [-0.05, 0) is 62.6 Å². The molecule has 0 unspecified atom stereocenters. The predicted molar refractivity (Wildman–Crippen MR) is 122 cm³/mol. The van der Waals surface area contributed by atoms with Gasteiger partial charge >= 0.3 is 12.0 Å². The molecule has 1 aromatic heterocycles. The van der Waals surface area contributed by atoms with Crippen LogP contribution in [0.5, 0.6) is 0 Å². The van der Waals surface area contributed by atoms with Crippen LogP contribution >= 0.6 is 0 Å². The first-order valence-electron chi connectivity index (χ1n) is 11.1. The maximum absolute atomic E-state index is 13.2. The van der Waals surface area contributed by atoms with Crippen molar-refractivity contribution in [3.8, 4) is 5.69 Å². The Morgan fingerprint density at radius 1 is 1.09 bits per heavy atom. The molecule has 2 fully saturated rings. The van der Waals surface area contributed by atoms with Crippen molar-refractivity contribution in [2.45, 2.75) is 52.0 Å². The summed E-state index contributed by atoms with van der Waals surface area (Å²) in [6.07, 6.45) is 6.06. The summed E-state index contributed by atoms with van der Waals surface area (Å²) in [6, 6.07) is 8.08. The van der Waals surface area contributed by atoms with E-state index in [9.17, 15) is 19.2 Å². The Morgan fingerprint density at radius 2 is 1.82 bits per heavy atom. The molecule has 4 amide bonds. The number of rotatable bonds is 4. The van der Waals surface area contributed by atoms with Gasteiger partial charge in [0.1, 0.15) is 5.57 Å². The van der Waals surface area contributed by atoms with Gasteiger partial charge in [0.2, 0.25) is 0 Å². The lowest BCUT2D eigenvalue weighted by molar-refractivity contribution is -0.132. The molecule has 1 N–H and O–H groups in total. The Balaban J connectivity index is 1.71. The molecule has 1 aliphatic carbocycles. The number of amides is 4. The quantitative estimate of drug-likeness (QED) is 0.436. The van der Waals surface area contributed by atoms with E-state index in [-0.39, 0.29) is 11.6 Å². The number of carbonyl (C=O) groups is 4. The van der Waals surface area contributed by atoms with Gasteiger partial charge in [-0.15, -0.1) is 0 Å². The number of methoxy groups -OCH3 is 1. The first-order valence-corrected chi connectivity index (χ1v) is 11.1. The number of hydrogen-bond donors (Lipinski definition) is 1. The van der Waals surface area contributed by atoms with E-state index in [1.165, 1.54) is 12.0 Å². The first kappa shape index (κ1) is 22.5. The number of benzene rings is 1. The van der Waals surface area contributed by atoms with E-state index in [2.05, 4.69) is 5.32 Å². The van der Waals surface area contributed by atoms with E-state index in [0.29, 0.717) is 11.1 Å². The zero-order valence-electron chi connectivity index (χ0n) is 19.0. The second kappa shape index (κ2) is 9.05. The van der Waals surface area contributed by atoms with Crippen LogP contribution in [-0.4, -0.2) is 46.4 Å². The van der Waals surface area contributed by atoms with Crippen molar-refractivity contribution in [1.29, 1.82) is 0 Å². The normalized spacial score (nSPS) is 18.6. The highest BCUT2D eigenvalue weighted by Gasteiger charge is 2.40. The maximum atomic E-state index is 13.2. The van der Waals surface area contributed by atoms with E-state index in [0.717, 1.165) is 49.2 Å². The Hall–Kier alpha value is -3.68. The minimum atomic E-state index is -0.686. The van der Waals surface area contributed by atoms with Gasteiger partial charge in [0.15, 0.2) is 0 Å². The van der Waals surface area contributed by atoms with Crippen LogP contribution in [0.2, 0.25) is 0 Å². The standard InChI is InChI=1S/C25H27N3O5/c1-15-12-18(16(2)27(15)20-11-7-8-17(13-20)24(31)33-3)14-21-22(29)26-25(32)28(23(21)30)19-9-5-4-6-10-19/h7-8,11-14,19H,4-6,9-10H2,1-3H3,(H,26,29,32). The Kier molecular flexibility index (Phi) is 6.18. The Morgan fingerprint density at radius 3 is 2.52 bits per heavy atom. The van der Waals surface area contributed by atoms with Gasteiger partial charge in [0.05, 0.1) is 12.7 Å². The summed E-state index contributed by atoms with van der Waals surface area (Å²) in [5, 5.41) is 2.33. The molecule has 1 aliphatic heterocycles. The lowest BCUT2D eigenvalue weighted by Crippen LogP contribution is -2.58. The summed E-state index contributed by atoms with van der Waals surface area (Å²) >= 11 is 0. The molecule has 8 nitrogen and oxygen atoms in total. The molecule has 8 heteroatoms. The maximum Gasteiger partial charge on any atom is 0.337 e. The molecule has 0 radical (unpaired) electrons. The number of esters is 1. The van der Waals surface area contributed by atoms with E-state index < -0.39 is 23.8 Å². The molecule has 1 saturated carbocycles. The van der Waals surface area contributed by atoms with E-state index in [1.807, 2.05) is 30.5 Å². The second-order valence-corrected chi connectivity index (χ2v) is 8.49. The summed E-state index contributed by atoms with van der Waals surface area (Å²) in [7, 11) is 1.33. The summed E-state index contributed by atoms with van der Waals surface area (Å²) in [4.78, 5) is 51.4. The largest absolute Gasteiger partial charge is 0.465 e. The van der Waals surface area contributed by atoms with Crippen LogP contribution in [0, 0.1) is 13.8 Å². The Labute approximate surface area is 192 Å². The van der Waals surface area contributed by atoms with E-state index >= 15 is 0 Å². The number of ether oxygens (including phenoxy) is 1. The van der Waals surface area contributed by atoms with Crippen molar-refractivity contribution < 1.29 is 23.9 Å². The lowest BCUT2D eigenvalue weighted by atomic mass is 9.93. The third kappa shape index (κ3) is 4.20. The van der Waals surface area contributed by atoms with Crippen LogP contribution in [0.4, 0.5) is 4.79 Å². The average molecular weight is 450 g/mol. The molecule has 0 bridgehead atoms. The van der Waals surface area contributed by atoms with Gasteiger partial charge in [-0.1, -0.05) is 25.3 Å². The number of nitrogens with zero attached hydrogens (tertiary/aromatic N) is 2. The predicted octanol–water partition coefficient (Wildman–Crippen LogP) is 3.68. The van der Waals surface area contributed by atoms with Crippen LogP contribution in [0.15, 0.2) is 35.9 Å². The highest BCUT2D eigenvalue weighted by atomic mass is 16.5. The number of carbonyl (C=O) groups excluding carboxylic acids is 4. The minimum Gasteiger partial charge on any atom is -0.465 e. The molecule has 2 aromatic rings. The van der Waals surface area contributed by atoms with Crippen molar-refractivity contribution >= 4 is 29.9 Å². The average Bonchev–Trinajstić information content (AvgIpc) is 3.09. The number of nitrogens with one attached hydrogen (secondary N) is 1. The molecule has 1 saturated heterocycles. The molecule has 33 heavy (non-hydrogen) atoms. The van der Waals surface area contributed by atoms with Crippen LogP contribution in [0.25, 0.3) is 11.8 Å². The van der Waals surface area contributed by atoms with Crippen molar-refractivity contribution in [3.63, 3.8) is 0 Å². The van der Waals surface area contributed by atoms with Crippen molar-refractivity contribution in [1.82, 2.24) is 14.8 Å². The summed E-state index contributed by atoms with van der Waals surface area (Å²) in [5.41, 5.74) is 3.48. The number of hydrogen-bond acceptors (Lipinski definition) is 5. The molecule has 1 aromatic carbocycles. The molecule has 2 heterocycles. The summed E-state index contributed by atoms with van der Waals surface area (Å²) in [6.45, 7) is 3.78. The smallest absolute Gasteiger partial charge is 0.337 e. The van der Waals surface area contributed by atoms with Gasteiger partial charge in [-0.25, -0.2) is 9.59 Å². The second-order valence-electron chi connectivity index (χ2n) is 8.49. The Bertz CT molecular complexity index is 1170. The monoisotopic (exact) mass is 449 g/mol. The van der Waals surface area contributed by atoms with E-state index in [1.54, 1.807) is 24.3 Å². The van der Waals surface area contributed by atoms with Crippen molar-refractivity contribution in [2.75, 3.05) is 7.11 Å². The van der Waals surface area contributed by atoms with Gasteiger partial charge in [-0.2, -0.15) is 0 Å². The molecular formula is C25H27N3O5. The minimum absolute atomic E-state index is 0.0521. The number of barbiturate groups is 1. The third-order valence-electron chi connectivity index (χ3n) is 6.37. The van der Waals surface area contributed by atoms with Crippen LogP contribution in [0.3, 0.4) is 0 Å². The fraction of sp³-hybridized carbons (Fsp3) is 0.360. The van der Waals surface area contributed by atoms with Crippen LogP contribution in [-0.2, 0) is 14.3 Å². The number of imide groups is 2. The van der Waals surface area contributed by atoms with Gasteiger partial charge in [-0.3, -0.25) is 19.8 Å². The fourth-order valence-corrected chi connectivity index (χ4v) is 4.72. The molecule has 0 spiro atoms. The topological polar surface area (TPSA) is 97.7 Å². The molecule has 2 aliphatic rings. The number of aryl methyl sites for hydroxylation is 1. The molecular weight excluding hydrogens is 422 g/mol. The number of urea groups is 1. The van der Waals surface area contributed by atoms with Crippen LogP contribution in [0.1, 0.15) is 59.4 Å². The highest BCUT2D eigenvalue weighted by molar-refractivity contribution is 6.31. The number of aromatic nitrogens is 1. The zero-order chi connectivity index (χ0) is 23.7. The van der Waals surface area contributed by atoms with Gasteiger partial charge in [0.25, 0.3) is 11.8 Å². The molecule has 172 valence electrons.